The van der Waals surface area contributed by atoms with Gasteiger partial charge in [-0.1, -0.05) is 171 Å². The summed E-state index contributed by atoms with van der Waals surface area (Å²) in [5, 5.41) is 13.2. The molecule has 1 fully saturated rings. The molecule has 1 heterocycles. The Hall–Kier alpha value is -1.18. The first kappa shape index (κ1) is 57.9. The molecule has 0 radical (unpaired) electrons. The Labute approximate surface area is 356 Å². The van der Waals surface area contributed by atoms with Crippen molar-refractivity contribution in [2.45, 2.75) is 260 Å². The van der Waals surface area contributed by atoms with Gasteiger partial charge in [0.2, 0.25) is 0 Å². The van der Waals surface area contributed by atoms with Crippen LogP contribution in [0.3, 0.4) is 0 Å². The minimum Gasteiger partial charge on any atom is -0.465 e. The molecule has 0 bridgehead atoms. The van der Waals surface area contributed by atoms with Gasteiger partial charge in [-0.15, -0.1) is 0 Å². The molecule has 0 aliphatic carbocycles. The summed E-state index contributed by atoms with van der Waals surface area (Å²) in [4.78, 5) is 28.3. The first-order valence-electron chi connectivity index (χ1n) is 25.2. The highest BCUT2D eigenvalue weighted by Gasteiger charge is 2.26. The molecule has 0 aromatic heterocycles. The number of nitrogens with one attached hydrogen (secondary N) is 1. The van der Waals surface area contributed by atoms with Crippen LogP contribution in [0.2, 0.25) is 0 Å². The zero-order chi connectivity index (χ0) is 42.6. The van der Waals surface area contributed by atoms with Crippen molar-refractivity contribution in [3.8, 4) is 0 Å². The number of nitrogens with zero attached hydrogens (tertiary/aromatic N) is 1. The van der Waals surface area contributed by atoms with Crippen LogP contribution in [0, 0.1) is 11.8 Å². The lowest BCUT2D eigenvalue weighted by molar-refractivity contribution is -0.150. The van der Waals surface area contributed by atoms with E-state index in [2.05, 4.69) is 65.6 Å². The van der Waals surface area contributed by atoms with E-state index >= 15 is 0 Å². The van der Waals surface area contributed by atoms with Crippen molar-refractivity contribution in [2.75, 3.05) is 39.5 Å². The molecule has 0 spiro atoms. The predicted octanol–water partition coefficient (Wildman–Crippen LogP) is 13.8. The first-order valence-corrected chi connectivity index (χ1v) is 25.2. The van der Waals surface area contributed by atoms with E-state index in [4.69, 9.17) is 9.47 Å². The fourth-order valence-corrected chi connectivity index (χ4v) is 7.71. The summed E-state index contributed by atoms with van der Waals surface area (Å²) in [5.74, 6) is 0.167. The Morgan fingerprint density at radius 1 is 0.526 bits per heavy atom. The van der Waals surface area contributed by atoms with Crippen LogP contribution < -0.4 is 5.32 Å². The van der Waals surface area contributed by atoms with Gasteiger partial charge >= 0.3 is 11.9 Å². The third-order valence-electron chi connectivity index (χ3n) is 11.1. The predicted molar refractivity (Wildman–Crippen MR) is 247 cm³/mol. The van der Waals surface area contributed by atoms with Crippen LogP contribution in [0.4, 0.5) is 0 Å². The number of ether oxygens (including phenoxy) is 2. The van der Waals surface area contributed by atoms with Crippen molar-refractivity contribution < 1.29 is 24.2 Å². The smallest absolute Gasteiger partial charge is 0.308 e. The van der Waals surface area contributed by atoms with Gasteiger partial charge < -0.3 is 24.8 Å². The number of carbonyl (C=O) groups excluding carboxylic acids is 2. The number of carbonyl (C=O) groups is 2. The molecule has 7 heteroatoms. The Bertz CT molecular complexity index is 825. The zero-order valence-electron chi connectivity index (χ0n) is 39.8. The van der Waals surface area contributed by atoms with Gasteiger partial charge in [0.05, 0.1) is 25.0 Å². The number of aliphatic hydroxyl groups is 1. The maximum absolute atomic E-state index is 13.1. The summed E-state index contributed by atoms with van der Waals surface area (Å²) in [5.41, 5.74) is 0. The van der Waals surface area contributed by atoms with Gasteiger partial charge in [0, 0.05) is 31.8 Å². The number of hydrogen-bond acceptors (Lipinski definition) is 7. The Kier molecular flexibility index (Phi) is 46.6. The molecule has 0 amide bonds. The summed E-state index contributed by atoms with van der Waals surface area (Å²) in [6, 6.07) is 0.857. The Morgan fingerprint density at radius 3 is 1.33 bits per heavy atom. The third kappa shape index (κ3) is 37.6. The summed E-state index contributed by atoms with van der Waals surface area (Å²) in [7, 11) is 0. The van der Waals surface area contributed by atoms with E-state index in [1.807, 2.05) is 0 Å². The lowest BCUT2D eigenvalue weighted by atomic mass is 9.94. The van der Waals surface area contributed by atoms with E-state index in [0.717, 1.165) is 116 Å². The quantitative estimate of drug-likeness (QED) is 0.0481. The first-order chi connectivity index (χ1) is 27.8. The van der Waals surface area contributed by atoms with E-state index in [0.29, 0.717) is 25.3 Å². The topological polar surface area (TPSA) is 88.1 Å². The van der Waals surface area contributed by atoms with Gasteiger partial charge in [-0.05, 0) is 83.6 Å². The molecular weight excluding hydrogens is 709 g/mol. The van der Waals surface area contributed by atoms with Crippen molar-refractivity contribution in [2.24, 2.45) is 11.8 Å². The number of rotatable bonds is 36. The number of aliphatic hydroxyl groups excluding tert-OH is 1. The van der Waals surface area contributed by atoms with Gasteiger partial charge in [-0.3, -0.25) is 9.59 Å². The summed E-state index contributed by atoms with van der Waals surface area (Å²) in [6.07, 6.45) is 34.2. The lowest BCUT2D eigenvalue weighted by Gasteiger charge is -2.39. The number of esters is 2. The van der Waals surface area contributed by atoms with Gasteiger partial charge in [0.15, 0.2) is 0 Å². The maximum atomic E-state index is 13.1. The third-order valence-corrected chi connectivity index (χ3v) is 11.1. The second-order valence-corrected chi connectivity index (χ2v) is 17.3. The Balaban J connectivity index is 0. The van der Waals surface area contributed by atoms with E-state index in [1.165, 1.54) is 96.3 Å². The molecule has 0 aromatic carbocycles. The van der Waals surface area contributed by atoms with Crippen LogP contribution in [-0.2, 0) is 19.1 Å². The van der Waals surface area contributed by atoms with Crippen LogP contribution >= 0.6 is 0 Å². The molecule has 1 rings (SSSR count). The highest BCUT2D eigenvalue weighted by Crippen LogP contribution is 2.22. The number of unbranched alkanes of at least 4 members (excludes halogenated alkanes) is 16. The van der Waals surface area contributed by atoms with E-state index in [9.17, 15) is 14.7 Å². The minimum absolute atomic E-state index is 0.00273. The molecule has 1 saturated heterocycles. The molecule has 1 aliphatic heterocycles. The normalized spacial score (nSPS) is 16.5. The summed E-state index contributed by atoms with van der Waals surface area (Å²) < 4.78 is 11.6. The number of hydrogen-bond donors (Lipinski definition) is 2. The molecule has 0 saturated carbocycles. The van der Waals surface area contributed by atoms with Crippen LogP contribution in [0.25, 0.3) is 0 Å². The average Bonchev–Trinajstić information content (AvgIpc) is 3.20. The van der Waals surface area contributed by atoms with E-state index < -0.39 is 0 Å². The van der Waals surface area contributed by atoms with Gasteiger partial charge in [-0.25, -0.2) is 0 Å². The van der Waals surface area contributed by atoms with Crippen LogP contribution in [0.1, 0.15) is 248 Å². The van der Waals surface area contributed by atoms with Crippen molar-refractivity contribution in [3.05, 3.63) is 0 Å². The van der Waals surface area contributed by atoms with Crippen LogP contribution in [-0.4, -0.2) is 73.5 Å². The molecule has 1 aliphatic rings. The molecule has 57 heavy (non-hydrogen) atoms. The minimum atomic E-state index is 0.00273. The van der Waals surface area contributed by atoms with Crippen molar-refractivity contribution in [1.29, 1.82) is 0 Å². The average molecular weight is 811 g/mol. The van der Waals surface area contributed by atoms with Crippen molar-refractivity contribution in [3.63, 3.8) is 0 Å². The second-order valence-electron chi connectivity index (χ2n) is 17.3. The van der Waals surface area contributed by atoms with Crippen LogP contribution in [0.5, 0.6) is 0 Å². The monoisotopic (exact) mass is 811 g/mol. The van der Waals surface area contributed by atoms with Gasteiger partial charge in [-0.2, -0.15) is 0 Å². The Morgan fingerprint density at radius 2 is 0.912 bits per heavy atom. The molecule has 7 nitrogen and oxygen atoms in total. The molecular formula is C50H102N2O5. The van der Waals surface area contributed by atoms with Gasteiger partial charge in [0.1, 0.15) is 0 Å². The zero-order valence-corrected chi connectivity index (χ0v) is 39.8. The molecule has 4 unspecified atom stereocenters. The lowest BCUT2D eigenvalue weighted by Crippen LogP contribution is -2.56. The highest BCUT2D eigenvalue weighted by atomic mass is 16.5. The SMILES string of the molecule is CCC.CCC.CCCCCCCCC(CC)C(=O)OCCCCC1CN(CCCCO)CC(CCCCOC(=O)C(CCCCCC)CCCCCCCC)N1. The van der Waals surface area contributed by atoms with Crippen molar-refractivity contribution >= 4 is 11.9 Å². The van der Waals surface area contributed by atoms with Crippen LogP contribution in [0.15, 0.2) is 0 Å². The standard InChI is InChI=1S/C44H86N2O5.2C3H8/c1-5-9-12-15-17-20-28-39(8-4)43(48)50-35-26-22-31-41-37-46(33-24-25-34-47)38-42(45-41)32-23-27-36-51-44(49)40(29-19-14-11-7-3)30-21-18-16-13-10-6-2;2*1-3-2/h39-42,45,47H,5-38H2,1-4H3;2*3H2,1-2H3. The maximum Gasteiger partial charge on any atom is 0.308 e. The number of piperazine rings is 1. The highest BCUT2D eigenvalue weighted by molar-refractivity contribution is 5.72. The van der Waals surface area contributed by atoms with Crippen molar-refractivity contribution in [1.82, 2.24) is 10.2 Å². The van der Waals surface area contributed by atoms with Gasteiger partial charge in [0.25, 0.3) is 0 Å². The van der Waals surface area contributed by atoms with E-state index in [-0.39, 0.29) is 30.4 Å². The summed E-state index contributed by atoms with van der Waals surface area (Å²) >= 11 is 0. The fraction of sp³-hybridized carbons (Fsp3) is 0.960. The molecule has 4 atom stereocenters. The van der Waals surface area contributed by atoms with E-state index in [1.54, 1.807) is 0 Å². The molecule has 0 aromatic rings. The fourth-order valence-electron chi connectivity index (χ4n) is 7.71. The summed E-state index contributed by atoms with van der Waals surface area (Å²) in [6.45, 7) is 21.8. The largest absolute Gasteiger partial charge is 0.465 e. The second kappa shape index (κ2) is 45.9. The molecule has 2 N–H and O–H groups in total. The molecule has 342 valence electrons.